The lowest BCUT2D eigenvalue weighted by Gasteiger charge is -2.26. The summed E-state index contributed by atoms with van der Waals surface area (Å²) in [6, 6.07) is 1.14. The highest BCUT2D eigenvalue weighted by Gasteiger charge is 2.44. The number of hydrogen-bond donors (Lipinski definition) is 3. The maximum absolute atomic E-state index is 10.8. The van der Waals surface area contributed by atoms with E-state index in [1.54, 1.807) is 6.07 Å². The standard InChI is InChI=1S/C14H19NO6/c1-14(2)13(15-6-9(16)17)10-7(21-14)5-8(19-3)12(20-4)11(10)18/h5,13,15,18H,6H2,1-4H3,(H,16,17). The van der Waals surface area contributed by atoms with Crippen molar-refractivity contribution in [2.45, 2.75) is 25.5 Å². The molecule has 1 aromatic rings. The molecule has 0 radical (unpaired) electrons. The number of benzene rings is 1. The number of ether oxygens (including phenoxy) is 3. The van der Waals surface area contributed by atoms with E-state index in [1.165, 1.54) is 14.2 Å². The second kappa shape index (κ2) is 5.33. The van der Waals surface area contributed by atoms with E-state index in [-0.39, 0.29) is 18.0 Å². The van der Waals surface area contributed by atoms with Crippen LogP contribution in [0.5, 0.6) is 23.0 Å². The summed E-state index contributed by atoms with van der Waals surface area (Å²) in [5.41, 5.74) is -0.244. The fourth-order valence-electron chi connectivity index (χ4n) is 2.56. The third kappa shape index (κ3) is 2.56. The van der Waals surface area contributed by atoms with Crippen molar-refractivity contribution in [3.63, 3.8) is 0 Å². The zero-order valence-corrected chi connectivity index (χ0v) is 12.4. The molecule has 0 amide bonds. The maximum Gasteiger partial charge on any atom is 0.317 e. The van der Waals surface area contributed by atoms with Gasteiger partial charge in [-0.25, -0.2) is 0 Å². The topological polar surface area (TPSA) is 97.2 Å². The first-order chi connectivity index (χ1) is 9.81. The Morgan fingerprint density at radius 1 is 1.43 bits per heavy atom. The monoisotopic (exact) mass is 297 g/mol. The molecule has 1 aliphatic rings. The van der Waals surface area contributed by atoms with Gasteiger partial charge in [0.05, 0.1) is 32.4 Å². The van der Waals surface area contributed by atoms with Crippen LogP contribution in [0.2, 0.25) is 0 Å². The van der Waals surface area contributed by atoms with Crippen LogP contribution in [0.4, 0.5) is 0 Å². The summed E-state index contributed by atoms with van der Waals surface area (Å²) < 4.78 is 16.1. The number of aromatic hydroxyl groups is 1. The highest BCUT2D eigenvalue weighted by atomic mass is 16.5. The molecule has 116 valence electrons. The van der Waals surface area contributed by atoms with Crippen LogP contribution >= 0.6 is 0 Å². The normalized spacial score (nSPS) is 18.8. The van der Waals surface area contributed by atoms with Crippen molar-refractivity contribution in [1.29, 1.82) is 0 Å². The van der Waals surface area contributed by atoms with E-state index in [1.807, 2.05) is 13.8 Å². The van der Waals surface area contributed by atoms with Crippen molar-refractivity contribution in [2.75, 3.05) is 20.8 Å². The molecule has 1 aromatic carbocycles. The molecule has 7 heteroatoms. The number of aliphatic carboxylic acids is 1. The highest BCUT2D eigenvalue weighted by Crippen LogP contribution is 2.54. The predicted molar refractivity (Wildman–Crippen MR) is 74.3 cm³/mol. The molecule has 3 N–H and O–H groups in total. The number of carboxylic acids is 1. The van der Waals surface area contributed by atoms with Gasteiger partial charge in [-0.3, -0.25) is 10.1 Å². The number of phenols is 1. The van der Waals surface area contributed by atoms with Gasteiger partial charge < -0.3 is 24.4 Å². The number of hydrogen-bond acceptors (Lipinski definition) is 6. The molecule has 1 unspecified atom stereocenters. The number of fused-ring (bicyclic) bond motifs is 1. The molecular formula is C14H19NO6. The van der Waals surface area contributed by atoms with E-state index in [9.17, 15) is 9.90 Å². The van der Waals surface area contributed by atoms with Gasteiger partial charge in [-0.2, -0.15) is 0 Å². The summed E-state index contributed by atoms with van der Waals surface area (Å²) in [4.78, 5) is 10.8. The Balaban J connectivity index is 2.51. The second-order valence-electron chi connectivity index (χ2n) is 5.29. The lowest BCUT2D eigenvalue weighted by Crippen LogP contribution is -2.41. The summed E-state index contributed by atoms with van der Waals surface area (Å²) in [6.45, 7) is 3.38. The molecule has 0 aliphatic carbocycles. The van der Waals surface area contributed by atoms with Gasteiger partial charge in [0, 0.05) is 6.07 Å². The fourth-order valence-corrected chi connectivity index (χ4v) is 2.56. The van der Waals surface area contributed by atoms with Gasteiger partial charge in [-0.15, -0.1) is 0 Å². The number of rotatable bonds is 5. The summed E-state index contributed by atoms with van der Waals surface area (Å²) in [5, 5.41) is 22.1. The van der Waals surface area contributed by atoms with Gasteiger partial charge in [0.15, 0.2) is 11.5 Å². The smallest absolute Gasteiger partial charge is 0.317 e. The van der Waals surface area contributed by atoms with E-state index in [4.69, 9.17) is 19.3 Å². The van der Waals surface area contributed by atoms with Gasteiger partial charge in [-0.1, -0.05) is 0 Å². The summed E-state index contributed by atoms with van der Waals surface area (Å²) in [5.74, 6) is -0.110. The zero-order valence-electron chi connectivity index (χ0n) is 12.4. The first kappa shape index (κ1) is 15.2. The molecule has 2 rings (SSSR count). The fraction of sp³-hybridized carbons (Fsp3) is 0.500. The Labute approximate surface area is 122 Å². The first-order valence-corrected chi connectivity index (χ1v) is 6.43. The molecule has 0 fully saturated rings. The molecule has 0 spiro atoms. The van der Waals surface area contributed by atoms with E-state index in [2.05, 4.69) is 5.32 Å². The van der Waals surface area contributed by atoms with Crippen LogP contribution < -0.4 is 19.5 Å². The molecule has 21 heavy (non-hydrogen) atoms. The lowest BCUT2D eigenvalue weighted by atomic mass is 9.93. The van der Waals surface area contributed by atoms with E-state index >= 15 is 0 Å². The Hall–Kier alpha value is -2.15. The minimum absolute atomic E-state index is 0.111. The number of carboxylic acid groups (broad SMARTS) is 1. The number of carbonyl (C=O) groups is 1. The molecule has 0 bridgehead atoms. The van der Waals surface area contributed by atoms with Crippen molar-refractivity contribution < 1.29 is 29.2 Å². The van der Waals surface area contributed by atoms with Crippen LogP contribution in [0.3, 0.4) is 0 Å². The summed E-state index contributed by atoms with van der Waals surface area (Å²) in [6.07, 6.45) is 0. The van der Waals surface area contributed by atoms with Crippen LogP contribution in [-0.4, -0.2) is 42.5 Å². The number of methoxy groups -OCH3 is 2. The van der Waals surface area contributed by atoms with Crippen molar-refractivity contribution >= 4 is 5.97 Å². The van der Waals surface area contributed by atoms with E-state index in [0.717, 1.165) is 0 Å². The zero-order chi connectivity index (χ0) is 15.8. The quantitative estimate of drug-likeness (QED) is 0.753. The number of phenolic OH excluding ortho intramolecular Hbond substituents is 1. The van der Waals surface area contributed by atoms with Gasteiger partial charge in [0.25, 0.3) is 0 Å². The third-order valence-electron chi connectivity index (χ3n) is 3.46. The van der Waals surface area contributed by atoms with Crippen molar-refractivity contribution in [3.8, 4) is 23.0 Å². The SMILES string of the molecule is COc1cc2c(c(O)c1OC)C(NCC(=O)O)C(C)(C)O2. The van der Waals surface area contributed by atoms with Crippen molar-refractivity contribution in [1.82, 2.24) is 5.32 Å². The Kier molecular flexibility index (Phi) is 3.87. The average Bonchev–Trinajstić information content (AvgIpc) is 2.66. The van der Waals surface area contributed by atoms with Crippen molar-refractivity contribution in [2.24, 2.45) is 0 Å². The Bertz CT molecular complexity index is 569. The van der Waals surface area contributed by atoms with Crippen LogP contribution in [0.1, 0.15) is 25.5 Å². The van der Waals surface area contributed by atoms with Gasteiger partial charge >= 0.3 is 5.97 Å². The third-order valence-corrected chi connectivity index (χ3v) is 3.46. The van der Waals surface area contributed by atoms with Crippen molar-refractivity contribution in [3.05, 3.63) is 11.6 Å². The molecule has 7 nitrogen and oxygen atoms in total. The number of nitrogens with one attached hydrogen (secondary N) is 1. The Morgan fingerprint density at radius 3 is 2.62 bits per heavy atom. The minimum atomic E-state index is -0.987. The molecule has 1 heterocycles. The van der Waals surface area contributed by atoms with Gasteiger partial charge in [0.1, 0.15) is 11.4 Å². The van der Waals surface area contributed by atoms with E-state index in [0.29, 0.717) is 17.1 Å². The minimum Gasteiger partial charge on any atom is -0.504 e. The van der Waals surface area contributed by atoms with Crippen LogP contribution in [0.25, 0.3) is 0 Å². The average molecular weight is 297 g/mol. The summed E-state index contributed by atoms with van der Waals surface area (Å²) >= 11 is 0. The first-order valence-electron chi connectivity index (χ1n) is 6.43. The van der Waals surface area contributed by atoms with Crippen LogP contribution in [-0.2, 0) is 4.79 Å². The Morgan fingerprint density at radius 2 is 2.10 bits per heavy atom. The molecule has 1 aliphatic heterocycles. The largest absolute Gasteiger partial charge is 0.504 e. The van der Waals surface area contributed by atoms with Crippen LogP contribution in [0.15, 0.2) is 6.07 Å². The molecule has 0 aromatic heterocycles. The predicted octanol–water partition coefficient (Wildman–Crippen LogP) is 1.30. The highest BCUT2D eigenvalue weighted by molar-refractivity contribution is 5.70. The lowest BCUT2D eigenvalue weighted by molar-refractivity contribution is -0.136. The summed E-state index contributed by atoms with van der Waals surface area (Å²) in [7, 11) is 2.88. The molecule has 1 atom stereocenters. The second-order valence-corrected chi connectivity index (χ2v) is 5.29. The maximum atomic E-state index is 10.8. The molecule has 0 saturated heterocycles. The van der Waals surface area contributed by atoms with Crippen LogP contribution in [0, 0.1) is 0 Å². The molecule has 0 saturated carbocycles. The van der Waals surface area contributed by atoms with Gasteiger partial charge in [0.2, 0.25) is 5.75 Å². The molecular weight excluding hydrogens is 278 g/mol. The van der Waals surface area contributed by atoms with Gasteiger partial charge in [-0.05, 0) is 13.8 Å². The van der Waals surface area contributed by atoms with E-state index < -0.39 is 17.6 Å².